The van der Waals surface area contributed by atoms with E-state index in [4.69, 9.17) is 0 Å². The van der Waals surface area contributed by atoms with Crippen molar-refractivity contribution in [3.05, 3.63) is 11.6 Å². The van der Waals surface area contributed by atoms with E-state index < -0.39 is 0 Å². The molecule has 1 unspecified atom stereocenters. The number of aryl methyl sites for hydroxylation is 1. The van der Waals surface area contributed by atoms with Crippen LogP contribution in [0.25, 0.3) is 0 Å². The van der Waals surface area contributed by atoms with Crippen molar-refractivity contribution in [2.45, 2.75) is 58.0 Å². The normalized spacial score (nSPS) is 25.1. The molecule has 1 aliphatic heterocycles. The van der Waals surface area contributed by atoms with Crippen molar-refractivity contribution in [2.24, 2.45) is 5.92 Å². The number of nitrogens with zero attached hydrogens (tertiary/aromatic N) is 3. The van der Waals surface area contributed by atoms with E-state index in [-0.39, 0.29) is 0 Å². The minimum Gasteiger partial charge on any atom is -0.312 e. The van der Waals surface area contributed by atoms with Crippen LogP contribution in [0.2, 0.25) is 0 Å². The van der Waals surface area contributed by atoms with E-state index in [0.717, 1.165) is 31.3 Å². The lowest BCUT2D eigenvalue weighted by molar-refractivity contribution is 0.422. The third kappa shape index (κ3) is 2.23. The van der Waals surface area contributed by atoms with Crippen LogP contribution in [-0.2, 0) is 13.0 Å². The van der Waals surface area contributed by atoms with Crippen LogP contribution in [0.15, 0.2) is 0 Å². The summed E-state index contributed by atoms with van der Waals surface area (Å²) in [6, 6.07) is 0.358. The van der Waals surface area contributed by atoms with Crippen LogP contribution < -0.4 is 5.32 Å². The highest BCUT2D eigenvalue weighted by Crippen LogP contribution is 2.28. The second-order valence-corrected chi connectivity index (χ2v) is 5.49. The maximum Gasteiger partial charge on any atom is 0.149 e. The molecule has 1 saturated carbocycles. The van der Waals surface area contributed by atoms with Gasteiger partial charge in [0.25, 0.3) is 0 Å². The molecule has 1 atom stereocenters. The zero-order chi connectivity index (χ0) is 11.7. The Labute approximate surface area is 103 Å². The highest BCUT2D eigenvalue weighted by Gasteiger charge is 2.22. The molecule has 3 rings (SSSR count). The topological polar surface area (TPSA) is 42.7 Å². The number of nitrogens with one attached hydrogen (secondary N) is 1. The van der Waals surface area contributed by atoms with Crippen LogP contribution in [0.3, 0.4) is 0 Å². The average Bonchev–Trinajstić information content (AvgIpc) is 2.95. The van der Waals surface area contributed by atoms with Gasteiger partial charge in [0.15, 0.2) is 0 Å². The van der Waals surface area contributed by atoms with Gasteiger partial charge in [0.2, 0.25) is 0 Å². The van der Waals surface area contributed by atoms with Crippen LogP contribution in [0.4, 0.5) is 0 Å². The fraction of sp³-hybridized carbons (Fsp3) is 0.846. The predicted octanol–water partition coefficient (Wildman–Crippen LogP) is 2.07. The maximum atomic E-state index is 4.38. The predicted molar refractivity (Wildman–Crippen MR) is 66.7 cm³/mol. The molecule has 1 N–H and O–H groups in total. The Balaban J connectivity index is 1.66. The second kappa shape index (κ2) is 4.77. The van der Waals surface area contributed by atoms with E-state index in [1.54, 1.807) is 0 Å². The molecule has 1 aliphatic carbocycles. The van der Waals surface area contributed by atoms with E-state index in [2.05, 4.69) is 27.0 Å². The first-order chi connectivity index (χ1) is 8.34. The molecule has 17 heavy (non-hydrogen) atoms. The minimum absolute atomic E-state index is 0.358. The highest BCUT2D eigenvalue weighted by molar-refractivity contribution is 5.03. The van der Waals surface area contributed by atoms with Crippen molar-refractivity contribution in [1.29, 1.82) is 0 Å². The zero-order valence-corrected chi connectivity index (χ0v) is 10.7. The standard InChI is InChI=1S/C13H22N4/c1-10-13-16-15-12(17(13)9-8-14-10)7-6-11-4-2-3-5-11/h10-11,14H,2-9H2,1H3. The summed E-state index contributed by atoms with van der Waals surface area (Å²) < 4.78 is 2.33. The molecular weight excluding hydrogens is 212 g/mol. The number of fused-ring (bicyclic) bond motifs is 1. The van der Waals surface area contributed by atoms with Gasteiger partial charge >= 0.3 is 0 Å². The van der Waals surface area contributed by atoms with Crippen LogP contribution in [0.5, 0.6) is 0 Å². The van der Waals surface area contributed by atoms with E-state index in [1.807, 2.05) is 0 Å². The van der Waals surface area contributed by atoms with Crippen molar-refractivity contribution in [3.63, 3.8) is 0 Å². The molecule has 1 fully saturated rings. The van der Waals surface area contributed by atoms with Gasteiger partial charge in [0, 0.05) is 19.5 Å². The van der Waals surface area contributed by atoms with Gasteiger partial charge in [-0.2, -0.15) is 0 Å². The van der Waals surface area contributed by atoms with Crippen LogP contribution in [-0.4, -0.2) is 21.3 Å². The van der Waals surface area contributed by atoms with Crippen molar-refractivity contribution in [2.75, 3.05) is 6.54 Å². The van der Waals surface area contributed by atoms with Crippen LogP contribution in [0, 0.1) is 5.92 Å². The van der Waals surface area contributed by atoms with Crippen molar-refractivity contribution in [3.8, 4) is 0 Å². The number of hydrogen-bond donors (Lipinski definition) is 1. The van der Waals surface area contributed by atoms with Gasteiger partial charge in [-0.3, -0.25) is 0 Å². The monoisotopic (exact) mass is 234 g/mol. The molecule has 0 radical (unpaired) electrons. The number of aromatic nitrogens is 3. The summed E-state index contributed by atoms with van der Waals surface area (Å²) in [7, 11) is 0. The molecule has 1 aromatic rings. The summed E-state index contributed by atoms with van der Waals surface area (Å²) in [6.07, 6.45) is 8.15. The average molecular weight is 234 g/mol. The summed E-state index contributed by atoms with van der Waals surface area (Å²) in [5, 5.41) is 12.1. The molecule has 0 bridgehead atoms. The van der Waals surface area contributed by atoms with Gasteiger partial charge in [-0.05, 0) is 19.3 Å². The second-order valence-electron chi connectivity index (χ2n) is 5.49. The Morgan fingerprint density at radius 1 is 1.29 bits per heavy atom. The molecule has 2 heterocycles. The summed E-state index contributed by atoms with van der Waals surface area (Å²) in [5.41, 5.74) is 0. The summed E-state index contributed by atoms with van der Waals surface area (Å²) in [5.74, 6) is 3.28. The summed E-state index contributed by atoms with van der Waals surface area (Å²) >= 11 is 0. The van der Waals surface area contributed by atoms with Gasteiger partial charge in [-0.1, -0.05) is 25.7 Å². The highest BCUT2D eigenvalue weighted by atomic mass is 15.3. The van der Waals surface area contributed by atoms with E-state index in [0.29, 0.717) is 6.04 Å². The fourth-order valence-corrected chi connectivity index (χ4v) is 3.21. The van der Waals surface area contributed by atoms with Crippen molar-refractivity contribution in [1.82, 2.24) is 20.1 Å². The Hall–Kier alpha value is -0.900. The molecule has 4 nitrogen and oxygen atoms in total. The Bertz CT molecular complexity index is 379. The smallest absolute Gasteiger partial charge is 0.149 e. The van der Waals surface area contributed by atoms with Gasteiger partial charge in [-0.25, -0.2) is 0 Å². The lowest BCUT2D eigenvalue weighted by Gasteiger charge is -2.22. The molecule has 0 saturated heterocycles. The van der Waals surface area contributed by atoms with Gasteiger partial charge in [0.05, 0.1) is 6.04 Å². The molecular formula is C13H22N4. The Morgan fingerprint density at radius 3 is 2.94 bits per heavy atom. The van der Waals surface area contributed by atoms with Gasteiger partial charge in [-0.15, -0.1) is 10.2 Å². The third-order valence-corrected chi connectivity index (χ3v) is 4.28. The summed E-state index contributed by atoms with van der Waals surface area (Å²) in [6.45, 7) is 4.25. The van der Waals surface area contributed by atoms with Crippen LogP contribution >= 0.6 is 0 Å². The Morgan fingerprint density at radius 2 is 2.12 bits per heavy atom. The zero-order valence-electron chi connectivity index (χ0n) is 10.7. The largest absolute Gasteiger partial charge is 0.312 e. The molecule has 2 aliphatic rings. The lowest BCUT2D eigenvalue weighted by atomic mass is 10.0. The quantitative estimate of drug-likeness (QED) is 0.870. The Kier molecular flexibility index (Phi) is 3.14. The first-order valence-electron chi connectivity index (χ1n) is 7.00. The summed E-state index contributed by atoms with van der Waals surface area (Å²) in [4.78, 5) is 0. The van der Waals surface area contributed by atoms with E-state index in [1.165, 1.54) is 37.9 Å². The van der Waals surface area contributed by atoms with Crippen molar-refractivity contribution >= 4 is 0 Å². The SMILES string of the molecule is CC1NCCn2c(CCC3CCCC3)nnc21. The van der Waals surface area contributed by atoms with Crippen LogP contribution in [0.1, 0.15) is 56.7 Å². The van der Waals surface area contributed by atoms with E-state index in [9.17, 15) is 0 Å². The first-order valence-corrected chi connectivity index (χ1v) is 7.00. The fourth-order valence-electron chi connectivity index (χ4n) is 3.21. The molecule has 94 valence electrons. The van der Waals surface area contributed by atoms with Gasteiger partial charge in [0.1, 0.15) is 11.6 Å². The third-order valence-electron chi connectivity index (χ3n) is 4.28. The maximum absolute atomic E-state index is 4.38. The molecule has 0 spiro atoms. The molecule has 0 amide bonds. The molecule has 4 heteroatoms. The van der Waals surface area contributed by atoms with E-state index >= 15 is 0 Å². The molecule has 0 aromatic carbocycles. The lowest BCUT2D eigenvalue weighted by Crippen LogP contribution is -2.32. The minimum atomic E-state index is 0.358. The first kappa shape index (κ1) is 11.2. The molecule has 1 aromatic heterocycles. The van der Waals surface area contributed by atoms with Gasteiger partial charge < -0.3 is 9.88 Å². The number of rotatable bonds is 3. The number of hydrogen-bond acceptors (Lipinski definition) is 3. The van der Waals surface area contributed by atoms with Crippen molar-refractivity contribution < 1.29 is 0 Å².